The van der Waals surface area contributed by atoms with Gasteiger partial charge >= 0.3 is 0 Å². The third-order valence-corrected chi connectivity index (χ3v) is 6.31. The van der Waals surface area contributed by atoms with Crippen molar-refractivity contribution in [2.75, 3.05) is 5.32 Å². The largest absolute Gasteiger partial charge is 0.353 e. The van der Waals surface area contributed by atoms with Gasteiger partial charge in [-0.2, -0.15) is 5.10 Å². The summed E-state index contributed by atoms with van der Waals surface area (Å²) >= 11 is 0. The molecule has 6 aromatic rings. The average molecular weight is 491 g/mol. The molecule has 37 heavy (non-hydrogen) atoms. The third kappa shape index (κ3) is 4.14. The number of hydrogen-bond acceptors (Lipinski definition) is 5. The number of carbonyl (C=O) groups is 1. The molecule has 184 valence electrons. The van der Waals surface area contributed by atoms with Crippen LogP contribution in [0.3, 0.4) is 0 Å². The normalized spacial score (nSPS) is 11.9. The molecule has 3 N–H and O–H groups in total. The molecule has 0 unspecified atom stereocenters. The number of anilines is 1. The number of imidazole rings is 1. The summed E-state index contributed by atoms with van der Waals surface area (Å²) in [5.74, 6) is -0.0731. The van der Waals surface area contributed by atoms with Crippen LogP contribution >= 0.6 is 0 Å². The molecular weight excluding hydrogens is 464 g/mol. The lowest BCUT2D eigenvalue weighted by molar-refractivity contribution is -0.123. The molecule has 5 aromatic heterocycles. The molecule has 0 fully saturated rings. The van der Waals surface area contributed by atoms with Crippen LogP contribution in [-0.2, 0) is 4.79 Å². The molecule has 0 aliphatic carbocycles. The van der Waals surface area contributed by atoms with Crippen LogP contribution in [0.5, 0.6) is 0 Å². The number of pyridine rings is 2. The topological polar surface area (TPSA) is 117 Å². The van der Waals surface area contributed by atoms with Crippen LogP contribution in [-0.4, -0.2) is 40.6 Å². The number of nitrogens with one attached hydrogen (secondary N) is 3. The smallest absolute Gasteiger partial charge is 0.229 e. The number of amides is 1. The number of fused-ring (bicyclic) bond motifs is 2. The standard InChI is InChI=1S/C28H26N8O/c1-16-14-36(15-31-16)25-7-5-6-21-19(25)9-23(33-21)26-20-10-22(30-13-24(20)34-35-26)17-8-18(12-29-11-17)32-27(37)28(2,3)4/h5-15,33H,1-4H3,(H,32,37)(H,34,35). The zero-order valence-electron chi connectivity index (χ0n) is 21.0. The highest BCUT2D eigenvalue weighted by Gasteiger charge is 2.21. The first kappa shape index (κ1) is 22.7. The minimum atomic E-state index is -0.505. The van der Waals surface area contributed by atoms with Crippen molar-refractivity contribution in [1.29, 1.82) is 0 Å². The summed E-state index contributed by atoms with van der Waals surface area (Å²) in [6.45, 7) is 7.60. The number of benzene rings is 1. The lowest BCUT2D eigenvalue weighted by Gasteiger charge is -2.17. The van der Waals surface area contributed by atoms with Gasteiger partial charge in [0, 0.05) is 39.7 Å². The Labute approximate surface area is 213 Å². The second kappa shape index (κ2) is 8.41. The van der Waals surface area contributed by atoms with E-state index in [-0.39, 0.29) is 5.91 Å². The molecule has 0 aliphatic heterocycles. The molecule has 0 saturated heterocycles. The van der Waals surface area contributed by atoms with E-state index in [1.807, 2.05) is 63.0 Å². The fourth-order valence-electron chi connectivity index (χ4n) is 4.29. The Morgan fingerprint density at radius 2 is 1.86 bits per heavy atom. The number of nitrogens with zero attached hydrogens (tertiary/aromatic N) is 5. The van der Waals surface area contributed by atoms with Gasteiger partial charge in [-0.1, -0.05) is 26.8 Å². The van der Waals surface area contributed by atoms with E-state index in [0.29, 0.717) is 5.69 Å². The number of aryl methyl sites for hydroxylation is 1. The second-order valence-electron chi connectivity index (χ2n) is 10.2. The van der Waals surface area contributed by atoms with E-state index in [0.717, 1.165) is 55.8 Å². The molecule has 9 nitrogen and oxygen atoms in total. The molecule has 0 aliphatic rings. The highest BCUT2D eigenvalue weighted by molar-refractivity contribution is 5.99. The van der Waals surface area contributed by atoms with Gasteiger partial charge in [0.25, 0.3) is 0 Å². The van der Waals surface area contributed by atoms with Crippen molar-refractivity contribution in [1.82, 2.24) is 34.7 Å². The van der Waals surface area contributed by atoms with Crippen LogP contribution in [0.2, 0.25) is 0 Å². The predicted octanol–water partition coefficient (Wildman–Crippen LogP) is 5.65. The van der Waals surface area contributed by atoms with E-state index in [1.54, 1.807) is 18.6 Å². The number of aromatic nitrogens is 7. The summed E-state index contributed by atoms with van der Waals surface area (Å²) in [5.41, 5.74) is 7.20. The van der Waals surface area contributed by atoms with Crippen LogP contribution in [0.25, 0.3) is 50.1 Å². The molecule has 6 rings (SSSR count). The average Bonchev–Trinajstić information content (AvgIpc) is 3.60. The van der Waals surface area contributed by atoms with Crippen LogP contribution in [0.1, 0.15) is 26.5 Å². The van der Waals surface area contributed by atoms with Gasteiger partial charge in [-0.05, 0) is 37.3 Å². The summed E-state index contributed by atoms with van der Waals surface area (Å²) < 4.78 is 2.03. The Hall–Kier alpha value is -4.79. The van der Waals surface area contributed by atoms with Gasteiger partial charge in [0.15, 0.2) is 0 Å². The third-order valence-electron chi connectivity index (χ3n) is 6.31. The molecule has 1 aromatic carbocycles. The number of H-pyrrole nitrogens is 2. The Bertz CT molecular complexity index is 1780. The summed E-state index contributed by atoms with van der Waals surface area (Å²) in [6, 6.07) is 12.1. The van der Waals surface area contributed by atoms with E-state index in [1.165, 1.54) is 0 Å². The van der Waals surface area contributed by atoms with Crippen LogP contribution in [0, 0.1) is 12.3 Å². The van der Waals surface area contributed by atoms with Crippen molar-refractivity contribution in [3.63, 3.8) is 0 Å². The number of hydrogen-bond donors (Lipinski definition) is 3. The Morgan fingerprint density at radius 1 is 1.00 bits per heavy atom. The molecule has 5 heterocycles. The van der Waals surface area contributed by atoms with Crippen molar-refractivity contribution in [2.45, 2.75) is 27.7 Å². The van der Waals surface area contributed by atoms with Gasteiger partial charge in [0.1, 0.15) is 5.69 Å². The van der Waals surface area contributed by atoms with Crippen LogP contribution in [0.4, 0.5) is 5.69 Å². The van der Waals surface area contributed by atoms with Crippen molar-refractivity contribution in [3.8, 4) is 28.3 Å². The van der Waals surface area contributed by atoms with E-state index in [4.69, 9.17) is 0 Å². The first-order valence-electron chi connectivity index (χ1n) is 12.0. The molecule has 0 radical (unpaired) electrons. The molecule has 9 heteroatoms. The molecular formula is C28H26N8O. The van der Waals surface area contributed by atoms with Gasteiger partial charge in [-0.15, -0.1) is 0 Å². The van der Waals surface area contributed by atoms with Gasteiger partial charge in [-0.25, -0.2) is 4.98 Å². The minimum Gasteiger partial charge on any atom is -0.353 e. The zero-order valence-corrected chi connectivity index (χ0v) is 21.0. The summed E-state index contributed by atoms with van der Waals surface area (Å²) in [7, 11) is 0. The number of aromatic amines is 2. The van der Waals surface area contributed by atoms with Crippen molar-refractivity contribution in [3.05, 3.63) is 73.2 Å². The molecule has 0 atom stereocenters. The summed E-state index contributed by atoms with van der Waals surface area (Å²) in [5, 5.41) is 12.6. The molecule has 0 bridgehead atoms. The van der Waals surface area contributed by atoms with E-state index >= 15 is 0 Å². The van der Waals surface area contributed by atoms with Gasteiger partial charge in [0.05, 0.1) is 52.7 Å². The first-order chi connectivity index (χ1) is 17.8. The van der Waals surface area contributed by atoms with E-state index < -0.39 is 5.41 Å². The van der Waals surface area contributed by atoms with Gasteiger partial charge < -0.3 is 14.9 Å². The molecule has 1 amide bonds. The van der Waals surface area contributed by atoms with Gasteiger partial charge in [-0.3, -0.25) is 19.9 Å². The second-order valence-corrected chi connectivity index (χ2v) is 10.2. The lowest BCUT2D eigenvalue weighted by Crippen LogP contribution is -2.27. The van der Waals surface area contributed by atoms with Gasteiger partial charge in [0.2, 0.25) is 5.91 Å². The fourth-order valence-corrected chi connectivity index (χ4v) is 4.29. The first-order valence-corrected chi connectivity index (χ1v) is 12.0. The summed E-state index contributed by atoms with van der Waals surface area (Å²) in [4.78, 5) is 29.3. The lowest BCUT2D eigenvalue weighted by atomic mass is 9.95. The Kier molecular flexibility index (Phi) is 5.15. The number of carbonyl (C=O) groups excluding carboxylic acids is 1. The maximum absolute atomic E-state index is 12.4. The predicted molar refractivity (Wildman–Crippen MR) is 144 cm³/mol. The maximum atomic E-state index is 12.4. The van der Waals surface area contributed by atoms with Crippen molar-refractivity contribution >= 4 is 33.4 Å². The summed E-state index contributed by atoms with van der Waals surface area (Å²) in [6.07, 6.45) is 8.98. The molecule has 0 spiro atoms. The van der Waals surface area contributed by atoms with E-state index in [9.17, 15) is 4.79 Å². The van der Waals surface area contributed by atoms with E-state index in [2.05, 4.69) is 53.6 Å². The van der Waals surface area contributed by atoms with Crippen LogP contribution < -0.4 is 5.32 Å². The Balaban J connectivity index is 1.40. The monoisotopic (exact) mass is 490 g/mol. The van der Waals surface area contributed by atoms with Crippen LogP contribution in [0.15, 0.2) is 67.5 Å². The molecule has 0 saturated carbocycles. The quantitative estimate of drug-likeness (QED) is 0.295. The zero-order chi connectivity index (χ0) is 25.7. The minimum absolute atomic E-state index is 0.0731. The number of rotatable bonds is 4. The van der Waals surface area contributed by atoms with Crippen molar-refractivity contribution in [2.24, 2.45) is 5.41 Å². The Morgan fingerprint density at radius 3 is 2.65 bits per heavy atom. The fraction of sp³-hybridized carbons (Fsp3) is 0.179. The van der Waals surface area contributed by atoms with Crippen molar-refractivity contribution < 1.29 is 4.79 Å². The maximum Gasteiger partial charge on any atom is 0.229 e. The SMILES string of the molecule is Cc1cn(-c2cccc3[nH]c(-c4n[nH]c5cnc(-c6cncc(NC(=O)C(C)(C)C)c6)cc45)cc23)cn1. The highest BCUT2D eigenvalue weighted by Crippen LogP contribution is 2.33. The highest BCUT2D eigenvalue weighted by atomic mass is 16.2.